The molecule has 6 heteroatoms. The van der Waals surface area contributed by atoms with Crippen LogP contribution in [-0.4, -0.2) is 51.1 Å². The van der Waals surface area contributed by atoms with Gasteiger partial charge in [0.1, 0.15) is 6.04 Å². The Hall–Kier alpha value is -0.750. The van der Waals surface area contributed by atoms with Crippen molar-refractivity contribution < 1.29 is 14.7 Å². The summed E-state index contributed by atoms with van der Waals surface area (Å²) >= 11 is 1.58. The van der Waals surface area contributed by atoms with E-state index in [1.807, 2.05) is 20.8 Å². The zero-order valence-electron chi connectivity index (χ0n) is 11.7. The van der Waals surface area contributed by atoms with Crippen molar-refractivity contribution in [1.29, 1.82) is 0 Å². The van der Waals surface area contributed by atoms with Crippen LogP contribution in [0.4, 0.5) is 0 Å². The van der Waals surface area contributed by atoms with Crippen LogP contribution in [0.3, 0.4) is 0 Å². The summed E-state index contributed by atoms with van der Waals surface area (Å²) in [5.41, 5.74) is -0.592. The number of carbonyl (C=O) groups is 2. The minimum atomic E-state index is -0.898. The maximum absolute atomic E-state index is 12.8. The molecule has 0 aliphatic carbocycles. The van der Waals surface area contributed by atoms with Crippen molar-refractivity contribution in [2.24, 2.45) is 5.92 Å². The SMILES string of the molecule is CC(C)C1SCC(C(=O)O)N1C(=O)C1(C)CCCN1. The van der Waals surface area contributed by atoms with Gasteiger partial charge in [0, 0.05) is 5.75 Å². The van der Waals surface area contributed by atoms with Gasteiger partial charge in [-0.15, -0.1) is 11.8 Å². The van der Waals surface area contributed by atoms with E-state index in [2.05, 4.69) is 5.32 Å². The number of amides is 1. The Morgan fingerprint density at radius 1 is 1.47 bits per heavy atom. The van der Waals surface area contributed by atoms with Gasteiger partial charge in [-0.3, -0.25) is 4.79 Å². The number of nitrogens with zero attached hydrogens (tertiary/aromatic N) is 1. The molecule has 2 rings (SSSR count). The van der Waals surface area contributed by atoms with Crippen molar-refractivity contribution in [3.05, 3.63) is 0 Å². The van der Waals surface area contributed by atoms with Crippen LogP contribution in [0.25, 0.3) is 0 Å². The zero-order chi connectivity index (χ0) is 14.2. The molecule has 2 fully saturated rings. The lowest BCUT2D eigenvalue weighted by atomic mass is 9.96. The largest absolute Gasteiger partial charge is 0.480 e. The van der Waals surface area contributed by atoms with Crippen LogP contribution in [0.1, 0.15) is 33.6 Å². The number of nitrogens with one attached hydrogen (secondary N) is 1. The normalized spacial score (nSPS) is 35.1. The van der Waals surface area contributed by atoms with Crippen molar-refractivity contribution in [2.45, 2.75) is 50.6 Å². The van der Waals surface area contributed by atoms with E-state index >= 15 is 0 Å². The third-order valence-electron chi connectivity index (χ3n) is 3.97. The van der Waals surface area contributed by atoms with E-state index in [-0.39, 0.29) is 17.2 Å². The van der Waals surface area contributed by atoms with Crippen LogP contribution in [0.2, 0.25) is 0 Å². The second-order valence-corrected chi connectivity index (χ2v) is 7.05. The number of hydrogen-bond donors (Lipinski definition) is 2. The van der Waals surface area contributed by atoms with Crippen molar-refractivity contribution >= 4 is 23.6 Å². The van der Waals surface area contributed by atoms with E-state index in [0.29, 0.717) is 5.75 Å². The fourth-order valence-corrected chi connectivity index (χ4v) is 4.32. The number of hydrogen-bond acceptors (Lipinski definition) is 4. The van der Waals surface area contributed by atoms with Gasteiger partial charge >= 0.3 is 5.97 Å². The lowest BCUT2D eigenvalue weighted by molar-refractivity contribution is -0.152. The Morgan fingerprint density at radius 2 is 2.16 bits per heavy atom. The number of rotatable bonds is 3. The molecule has 3 unspecified atom stereocenters. The van der Waals surface area contributed by atoms with E-state index < -0.39 is 17.6 Å². The van der Waals surface area contributed by atoms with Gasteiger partial charge in [0.15, 0.2) is 0 Å². The summed E-state index contributed by atoms with van der Waals surface area (Å²) in [4.78, 5) is 25.8. The first-order chi connectivity index (χ1) is 8.87. The molecule has 0 aromatic carbocycles. The van der Waals surface area contributed by atoms with Gasteiger partial charge in [-0.2, -0.15) is 0 Å². The molecule has 0 saturated carbocycles. The molecule has 0 radical (unpaired) electrons. The van der Waals surface area contributed by atoms with Crippen LogP contribution in [-0.2, 0) is 9.59 Å². The van der Waals surface area contributed by atoms with Crippen molar-refractivity contribution in [3.8, 4) is 0 Å². The van der Waals surface area contributed by atoms with E-state index in [0.717, 1.165) is 19.4 Å². The Bertz CT molecular complexity index is 380. The molecular formula is C13H22N2O3S. The van der Waals surface area contributed by atoms with Crippen LogP contribution < -0.4 is 5.32 Å². The average molecular weight is 286 g/mol. The number of carboxylic acid groups (broad SMARTS) is 1. The Morgan fingerprint density at radius 3 is 2.63 bits per heavy atom. The van der Waals surface area contributed by atoms with E-state index in [1.54, 1.807) is 16.7 Å². The van der Waals surface area contributed by atoms with Gasteiger partial charge in [0.2, 0.25) is 5.91 Å². The Kier molecular flexibility index (Phi) is 4.11. The van der Waals surface area contributed by atoms with Gasteiger partial charge in [0.05, 0.1) is 10.9 Å². The minimum Gasteiger partial charge on any atom is -0.480 e. The topological polar surface area (TPSA) is 69.6 Å². The monoisotopic (exact) mass is 286 g/mol. The number of aliphatic carboxylic acids is 1. The Balaban J connectivity index is 2.25. The molecule has 108 valence electrons. The molecule has 0 bridgehead atoms. The predicted octanol–water partition coefficient (Wildman–Crippen LogP) is 1.14. The maximum Gasteiger partial charge on any atom is 0.327 e. The summed E-state index contributed by atoms with van der Waals surface area (Å²) in [5, 5.41) is 12.5. The van der Waals surface area contributed by atoms with Gasteiger partial charge in [-0.25, -0.2) is 4.79 Å². The summed E-state index contributed by atoms with van der Waals surface area (Å²) in [6.45, 7) is 6.79. The van der Waals surface area contributed by atoms with Gasteiger partial charge in [0.25, 0.3) is 0 Å². The highest BCUT2D eigenvalue weighted by Crippen LogP contribution is 2.37. The predicted molar refractivity (Wildman–Crippen MR) is 75.0 cm³/mol. The first-order valence-corrected chi connectivity index (χ1v) is 7.84. The molecule has 19 heavy (non-hydrogen) atoms. The van der Waals surface area contributed by atoms with E-state index in [9.17, 15) is 14.7 Å². The standard InChI is InChI=1S/C13H22N2O3S/c1-8(2)10-15(9(7-19-10)11(16)17)12(18)13(3)5-4-6-14-13/h8-10,14H,4-7H2,1-3H3,(H,16,17). The highest BCUT2D eigenvalue weighted by atomic mass is 32.2. The first-order valence-electron chi connectivity index (χ1n) is 6.79. The van der Waals surface area contributed by atoms with Crippen LogP contribution in [0.15, 0.2) is 0 Å². The lowest BCUT2D eigenvalue weighted by Gasteiger charge is -2.36. The van der Waals surface area contributed by atoms with Gasteiger partial charge in [-0.1, -0.05) is 13.8 Å². The second kappa shape index (κ2) is 5.32. The highest BCUT2D eigenvalue weighted by molar-refractivity contribution is 8.00. The van der Waals surface area contributed by atoms with Crippen molar-refractivity contribution in [1.82, 2.24) is 10.2 Å². The summed E-state index contributed by atoms with van der Waals surface area (Å²) < 4.78 is 0. The zero-order valence-corrected chi connectivity index (χ0v) is 12.5. The third kappa shape index (κ3) is 2.60. The minimum absolute atomic E-state index is 0.0344. The second-order valence-electron chi connectivity index (χ2n) is 5.90. The number of carboxylic acids is 1. The molecule has 2 heterocycles. The van der Waals surface area contributed by atoms with Gasteiger partial charge in [-0.05, 0) is 32.2 Å². The number of carbonyl (C=O) groups excluding carboxylic acids is 1. The van der Waals surface area contributed by atoms with Gasteiger partial charge < -0.3 is 15.3 Å². The van der Waals surface area contributed by atoms with E-state index in [1.165, 1.54) is 0 Å². The number of thioether (sulfide) groups is 1. The maximum atomic E-state index is 12.8. The fourth-order valence-electron chi connectivity index (χ4n) is 2.85. The quantitative estimate of drug-likeness (QED) is 0.814. The molecule has 2 aliphatic heterocycles. The van der Waals surface area contributed by atoms with Crippen molar-refractivity contribution in [3.63, 3.8) is 0 Å². The van der Waals surface area contributed by atoms with Crippen LogP contribution in [0.5, 0.6) is 0 Å². The molecule has 1 amide bonds. The molecule has 0 spiro atoms. The molecule has 0 aromatic rings. The summed E-state index contributed by atoms with van der Waals surface area (Å²) in [6, 6.07) is -0.691. The molecule has 5 nitrogen and oxygen atoms in total. The molecule has 2 N–H and O–H groups in total. The smallest absolute Gasteiger partial charge is 0.327 e. The third-order valence-corrected chi connectivity index (χ3v) is 5.59. The molecule has 0 aromatic heterocycles. The molecular weight excluding hydrogens is 264 g/mol. The summed E-state index contributed by atoms with van der Waals surface area (Å²) in [5.74, 6) is -0.213. The van der Waals surface area contributed by atoms with Crippen LogP contribution >= 0.6 is 11.8 Å². The summed E-state index contributed by atoms with van der Waals surface area (Å²) in [7, 11) is 0. The lowest BCUT2D eigenvalue weighted by Crippen LogP contribution is -2.58. The fraction of sp³-hybridized carbons (Fsp3) is 0.846. The van der Waals surface area contributed by atoms with Crippen LogP contribution in [0, 0.1) is 5.92 Å². The molecule has 2 aliphatic rings. The first kappa shape index (κ1) is 14.7. The van der Waals surface area contributed by atoms with E-state index in [4.69, 9.17) is 0 Å². The average Bonchev–Trinajstić information content (AvgIpc) is 2.94. The Labute approximate surface area is 118 Å². The van der Waals surface area contributed by atoms with Crippen molar-refractivity contribution in [2.75, 3.05) is 12.3 Å². The highest BCUT2D eigenvalue weighted by Gasteiger charge is 2.49. The molecule has 2 saturated heterocycles. The summed E-state index contributed by atoms with van der Waals surface area (Å²) in [6.07, 6.45) is 1.75. The molecule has 3 atom stereocenters.